The number of hydrogen-bond donors (Lipinski definition) is 0. The molecule has 0 bridgehead atoms. The van der Waals surface area contributed by atoms with Gasteiger partial charge < -0.3 is 0 Å². The quantitative estimate of drug-likeness (QED) is 0.564. The molecule has 0 amide bonds. The first-order valence-corrected chi connectivity index (χ1v) is 5.35. The molecular formula is C10H11BrF2. The van der Waals surface area contributed by atoms with Crippen molar-refractivity contribution in [2.75, 3.05) is 5.33 Å². The topological polar surface area (TPSA) is 0 Å². The number of benzene rings is 1. The molecule has 0 unspecified atom stereocenters. The zero-order chi connectivity index (χ0) is 9.68. The van der Waals surface area contributed by atoms with Gasteiger partial charge in [0.15, 0.2) is 0 Å². The summed E-state index contributed by atoms with van der Waals surface area (Å²) in [4.78, 5) is 0. The highest BCUT2D eigenvalue weighted by Crippen LogP contribution is 2.11. The molecule has 0 saturated carbocycles. The van der Waals surface area contributed by atoms with Crippen LogP contribution in [0.15, 0.2) is 18.2 Å². The van der Waals surface area contributed by atoms with E-state index in [1.165, 1.54) is 12.1 Å². The fraction of sp³-hybridized carbons (Fsp3) is 0.400. The molecule has 0 aromatic heterocycles. The van der Waals surface area contributed by atoms with Crippen LogP contribution in [0.2, 0.25) is 0 Å². The molecule has 1 rings (SSSR count). The van der Waals surface area contributed by atoms with Crippen LogP contribution in [0.4, 0.5) is 8.78 Å². The van der Waals surface area contributed by atoms with Crippen molar-refractivity contribution in [2.45, 2.75) is 19.3 Å². The van der Waals surface area contributed by atoms with Gasteiger partial charge in [-0.15, -0.1) is 0 Å². The Labute approximate surface area is 85.1 Å². The van der Waals surface area contributed by atoms with Gasteiger partial charge >= 0.3 is 0 Å². The minimum absolute atomic E-state index is 0.492. The van der Waals surface area contributed by atoms with E-state index in [4.69, 9.17) is 0 Å². The number of unbranched alkanes of at least 4 members (excludes halogenated alkanes) is 1. The molecule has 1 aromatic carbocycles. The summed E-state index contributed by atoms with van der Waals surface area (Å²) < 4.78 is 25.4. The van der Waals surface area contributed by atoms with Crippen molar-refractivity contribution in [1.29, 1.82) is 0 Å². The molecule has 1 aromatic rings. The standard InChI is InChI=1S/C10H11BrF2/c11-4-2-1-3-8-5-9(12)7-10(13)6-8/h5-7H,1-4H2. The Kier molecular flexibility index (Phi) is 4.36. The van der Waals surface area contributed by atoms with Crippen LogP contribution < -0.4 is 0 Å². The van der Waals surface area contributed by atoms with E-state index in [-0.39, 0.29) is 0 Å². The molecule has 3 heteroatoms. The summed E-state index contributed by atoms with van der Waals surface area (Å²) in [7, 11) is 0. The molecule has 72 valence electrons. The van der Waals surface area contributed by atoms with Gasteiger partial charge in [-0.25, -0.2) is 8.78 Å². The molecule has 0 N–H and O–H groups in total. The predicted molar refractivity (Wildman–Crippen MR) is 53.1 cm³/mol. The maximum absolute atomic E-state index is 12.7. The third kappa shape index (κ3) is 3.85. The van der Waals surface area contributed by atoms with Gasteiger partial charge in [-0.2, -0.15) is 0 Å². The van der Waals surface area contributed by atoms with Crippen molar-refractivity contribution >= 4 is 15.9 Å². The Hall–Kier alpha value is -0.440. The van der Waals surface area contributed by atoms with E-state index in [9.17, 15) is 8.78 Å². The van der Waals surface area contributed by atoms with Crippen LogP contribution in [-0.4, -0.2) is 5.33 Å². The molecule has 0 nitrogen and oxygen atoms in total. The second-order valence-electron chi connectivity index (χ2n) is 2.92. The van der Waals surface area contributed by atoms with Gasteiger partial charge in [0, 0.05) is 11.4 Å². The molecule has 0 aliphatic carbocycles. The van der Waals surface area contributed by atoms with Crippen molar-refractivity contribution in [3.63, 3.8) is 0 Å². The van der Waals surface area contributed by atoms with Crippen LogP contribution in [0.25, 0.3) is 0 Å². The Morgan fingerprint density at radius 2 is 1.62 bits per heavy atom. The van der Waals surface area contributed by atoms with Crippen molar-refractivity contribution in [3.8, 4) is 0 Å². The molecule has 0 heterocycles. The molecular weight excluding hydrogens is 238 g/mol. The molecule has 0 aliphatic rings. The van der Waals surface area contributed by atoms with Gasteiger partial charge in [-0.05, 0) is 37.0 Å². The van der Waals surface area contributed by atoms with E-state index in [0.29, 0.717) is 0 Å². The lowest BCUT2D eigenvalue weighted by Gasteiger charge is -2.00. The zero-order valence-electron chi connectivity index (χ0n) is 7.19. The lowest BCUT2D eigenvalue weighted by molar-refractivity contribution is 0.578. The van der Waals surface area contributed by atoms with Crippen LogP contribution >= 0.6 is 15.9 Å². The van der Waals surface area contributed by atoms with Crippen LogP contribution in [0, 0.1) is 11.6 Å². The van der Waals surface area contributed by atoms with E-state index in [0.717, 1.165) is 36.2 Å². The number of hydrogen-bond acceptors (Lipinski definition) is 0. The fourth-order valence-electron chi connectivity index (χ4n) is 1.18. The third-order valence-corrected chi connectivity index (χ3v) is 2.33. The monoisotopic (exact) mass is 248 g/mol. The summed E-state index contributed by atoms with van der Waals surface area (Å²) in [5, 5.41) is 0.935. The van der Waals surface area contributed by atoms with E-state index in [2.05, 4.69) is 15.9 Å². The lowest BCUT2D eigenvalue weighted by atomic mass is 10.1. The van der Waals surface area contributed by atoms with Gasteiger partial charge in [0.25, 0.3) is 0 Å². The first-order valence-electron chi connectivity index (χ1n) is 4.23. The highest BCUT2D eigenvalue weighted by atomic mass is 79.9. The maximum atomic E-state index is 12.7. The Morgan fingerprint density at radius 3 is 2.15 bits per heavy atom. The highest BCUT2D eigenvalue weighted by Gasteiger charge is 1.99. The van der Waals surface area contributed by atoms with Gasteiger partial charge in [-0.3, -0.25) is 0 Å². The van der Waals surface area contributed by atoms with Crippen LogP contribution in [0.1, 0.15) is 18.4 Å². The SMILES string of the molecule is Fc1cc(F)cc(CCCCBr)c1. The molecule has 0 saturated heterocycles. The van der Waals surface area contributed by atoms with Crippen LogP contribution in [0.5, 0.6) is 0 Å². The average molecular weight is 249 g/mol. The predicted octanol–water partition coefficient (Wildman–Crippen LogP) is 3.68. The number of halogens is 3. The summed E-state index contributed by atoms with van der Waals surface area (Å²) in [5.41, 5.74) is 0.735. The lowest BCUT2D eigenvalue weighted by Crippen LogP contribution is -1.89. The van der Waals surface area contributed by atoms with Crippen LogP contribution in [0.3, 0.4) is 0 Å². The zero-order valence-corrected chi connectivity index (χ0v) is 8.78. The minimum atomic E-state index is -0.492. The van der Waals surface area contributed by atoms with E-state index >= 15 is 0 Å². The molecule has 0 atom stereocenters. The Morgan fingerprint density at radius 1 is 1.00 bits per heavy atom. The van der Waals surface area contributed by atoms with Gasteiger partial charge in [0.05, 0.1) is 0 Å². The van der Waals surface area contributed by atoms with Crippen molar-refractivity contribution in [1.82, 2.24) is 0 Å². The Bertz CT molecular complexity index is 253. The molecule has 0 fully saturated rings. The third-order valence-electron chi connectivity index (χ3n) is 1.77. The first-order chi connectivity index (χ1) is 6.22. The van der Waals surface area contributed by atoms with Crippen molar-refractivity contribution < 1.29 is 8.78 Å². The van der Waals surface area contributed by atoms with Gasteiger partial charge in [0.2, 0.25) is 0 Å². The highest BCUT2D eigenvalue weighted by molar-refractivity contribution is 9.09. The molecule has 13 heavy (non-hydrogen) atoms. The van der Waals surface area contributed by atoms with Gasteiger partial charge in [0.1, 0.15) is 11.6 Å². The van der Waals surface area contributed by atoms with Crippen molar-refractivity contribution in [3.05, 3.63) is 35.4 Å². The van der Waals surface area contributed by atoms with E-state index in [1.807, 2.05) is 0 Å². The Balaban J connectivity index is 2.56. The number of rotatable bonds is 4. The summed E-state index contributed by atoms with van der Waals surface area (Å²) >= 11 is 3.30. The van der Waals surface area contributed by atoms with Crippen molar-refractivity contribution in [2.24, 2.45) is 0 Å². The van der Waals surface area contributed by atoms with E-state index < -0.39 is 11.6 Å². The number of aryl methyl sites for hydroxylation is 1. The van der Waals surface area contributed by atoms with Gasteiger partial charge in [-0.1, -0.05) is 15.9 Å². The summed E-state index contributed by atoms with van der Waals surface area (Å²) in [5.74, 6) is -0.984. The smallest absolute Gasteiger partial charge is 0.126 e. The second kappa shape index (κ2) is 5.32. The summed E-state index contributed by atoms with van der Waals surface area (Å²) in [6.07, 6.45) is 2.71. The summed E-state index contributed by atoms with van der Waals surface area (Å²) in [6, 6.07) is 3.67. The molecule has 0 aliphatic heterocycles. The van der Waals surface area contributed by atoms with E-state index in [1.54, 1.807) is 0 Å². The minimum Gasteiger partial charge on any atom is -0.207 e. The first kappa shape index (κ1) is 10.6. The largest absolute Gasteiger partial charge is 0.207 e. The van der Waals surface area contributed by atoms with Crippen LogP contribution in [-0.2, 0) is 6.42 Å². The fourth-order valence-corrected chi connectivity index (χ4v) is 1.58. The number of alkyl halides is 1. The normalized spacial score (nSPS) is 10.4. The molecule has 0 spiro atoms. The average Bonchev–Trinajstić information content (AvgIpc) is 2.03. The molecule has 0 radical (unpaired) electrons. The second-order valence-corrected chi connectivity index (χ2v) is 3.72. The summed E-state index contributed by atoms with van der Waals surface area (Å²) in [6.45, 7) is 0. The maximum Gasteiger partial charge on any atom is 0.126 e.